The fourth-order valence-electron chi connectivity index (χ4n) is 25.4. The zero-order valence-corrected chi connectivity index (χ0v) is 76.3. The summed E-state index contributed by atoms with van der Waals surface area (Å²) in [4.78, 5) is 15.0. The molecular weight excluding hydrogens is 1750 g/mol. The minimum absolute atomic E-state index is 0.176. The third kappa shape index (κ3) is 9.75. The van der Waals surface area contributed by atoms with Gasteiger partial charge in [0, 0.05) is 86.7 Å². The van der Waals surface area contributed by atoms with Crippen molar-refractivity contribution in [1.29, 1.82) is 0 Å². The van der Waals surface area contributed by atoms with Crippen LogP contribution >= 0.6 is 22.7 Å². The van der Waals surface area contributed by atoms with Gasteiger partial charge in [0.1, 0.15) is 0 Å². The molecule has 0 N–H and O–H groups in total. The molecule has 0 atom stereocenters. The molecule has 628 valence electrons. The minimum atomic E-state index is -0.387. The van der Waals surface area contributed by atoms with Gasteiger partial charge in [0.15, 0.2) is 0 Å². The van der Waals surface area contributed by atoms with Crippen LogP contribution in [0.25, 0.3) is 241 Å². The number of hydrogen-bond acceptors (Lipinski definition) is 5. The summed E-state index contributed by atoms with van der Waals surface area (Å²) in [5.41, 5.74) is 35.2. The molecule has 136 heavy (non-hydrogen) atoms. The molecule has 4 aliphatic carbocycles. The molecule has 0 saturated carbocycles. The smallest absolute Gasteiger partial charge is 0.0888 e. The summed E-state index contributed by atoms with van der Waals surface area (Å²) in [6.45, 7) is 0. The molecule has 20 aromatic carbocycles. The van der Waals surface area contributed by atoms with Crippen molar-refractivity contribution in [2.24, 2.45) is 0 Å². The van der Waals surface area contributed by atoms with Gasteiger partial charge in [0.05, 0.1) is 53.6 Å². The Morgan fingerprint density at radius 2 is 0.588 bits per heavy atom. The first kappa shape index (κ1) is 75.1. The van der Waals surface area contributed by atoms with Crippen LogP contribution in [0, 0.1) is 0 Å². The van der Waals surface area contributed by atoms with E-state index in [1.807, 2.05) is 41.3 Å². The molecule has 0 fully saturated rings. The van der Waals surface area contributed by atoms with Crippen molar-refractivity contribution in [2.45, 2.75) is 10.8 Å². The third-order valence-electron chi connectivity index (χ3n) is 30.5. The number of benzene rings is 20. The van der Waals surface area contributed by atoms with E-state index >= 15 is 0 Å². The summed E-state index contributed by atoms with van der Waals surface area (Å²) in [6, 6.07) is 155. The van der Waals surface area contributed by atoms with Crippen molar-refractivity contribution < 1.29 is 0 Å². The Labute approximate surface area is 792 Å². The zero-order chi connectivity index (χ0) is 88.5. The molecule has 29 aromatic rings. The summed E-state index contributed by atoms with van der Waals surface area (Å²) in [5.74, 6) is 0. The molecule has 0 saturated heterocycles. The van der Waals surface area contributed by atoms with Gasteiger partial charge >= 0.3 is 290 Å². The second-order valence-corrected chi connectivity index (χ2v) is 41.0. The summed E-state index contributed by atoms with van der Waals surface area (Å²) in [5, 5.41) is 24.2. The molecule has 9 heterocycles. The number of fused-ring (bicyclic) bond motifs is 53. The molecule has 6 nitrogen and oxygen atoms in total. The van der Waals surface area contributed by atoms with Crippen molar-refractivity contribution in [3.63, 3.8) is 0 Å². The number of nitrogens with zero attached hydrogens (tertiary/aromatic N) is 6. The number of para-hydroxylation sites is 3. The van der Waals surface area contributed by atoms with Crippen molar-refractivity contribution in [1.82, 2.24) is 28.7 Å². The average molecular weight is 1830 g/mol. The second-order valence-electron chi connectivity index (χ2n) is 36.7. The fraction of sp³-hybridized carbons (Fsp3) is 0.0157. The molecule has 0 unspecified atom stereocenters. The molecule has 9 aromatic heterocycles. The standard InChI is InChI=1S/C46H26N2S.C46H26N2Se.C35H20N2S/c1-6-18-35-28(12-1)29-13-2-7-19-36(29)46(35)37-20-8-3-14-30(37)34-26-27(23-24-38(34)46)48-39-21-9-4-15-31(39)41-33-17-11-25-47-43(33)45-42(44(41)48)32-16-5-10-22-40(32)49-45;1-6-18-35-28(12-1)29-13-2-7-19-36(29)46(35)37-20-8-3-14-30(37)31-24-23-27(26-38(31)46)48-39-21-9-4-15-32(39)41-34-17-11-25-47-43(34)45-42(44(41)48)33-16-5-10-22-40(33)49-45;1-2-10-22-21(9-1)18-19-24-23(22)13-7-16-28(24)37-29-15-5-3-11-25(29)31-27-14-8-20-36-33(27)35-32(34(31)37)26-12-4-6-17-30(26)38-35/h2*1-26H;1-20H. The molecule has 9 heteroatoms. The molecular formula is C127H72N6S2Se. The molecule has 0 amide bonds. The number of thiophene rings is 2. The van der Waals surface area contributed by atoms with E-state index in [1.54, 1.807) is 0 Å². The predicted molar refractivity (Wildman–Crippen MR) is 574 cm³/mol. The van der Waals surface area contributed by atoms with Gasteiger partial charge in [-0.15, -0.1) is 22.7 Å². The first-order valence-electron chi connectivity index (χ1n) is 46.7. The van der Waals surface area contributed by atoms with Crippen LogP contribution in [0.2, 0.25) is 0 Å². The van der Waals surface area contributed by atoms with Crippen molar-refractivity contribution in [2.75, 3.05) is 0 Å². The zero-order valence-electron chi connectivity index (χ0n) is 73.0. The largest absolute Gasteiger partial charge is 0.308 e. The predicted octanol–water partition coefficient (Wildman–Crippen LogP) is 33.1. The van der Waals surface area contributed by atoms with Gasteiger partial charge in [0.25, 0.3) is 0 Å². The van der Waals surface area contributed by atoms with Gasteiger partial charge in [-0.05, 0) is 115 Å². The van der Waals surface area contributed by atoms with E-state index in [-0.39, 0.29) is 25.3 Å². The minimum Gasteiger partial charge on any atom is -0.308 e. The van der Waals surface area contributed by atoms with Crippen LogP contribution in [0.4, 0.5) is 0 Å². The molecule has 0 bridgehead atoms. The van der Waals surface area contributed by atoms with Gasteiger partial charge in [-0.2, -0.15) is 0 Å². The monoisotopic (exact) mass is 1820 g/mol. The Hall–Kier alpha value is -16.5. The van der Waals surface area contributed by atoms with Crippen LogP contribution in [0.1, 0.15) is 44.5 Å². The first-order valence-corrected chi connectivity index (χ1v) is 50.0. The Morgan fingerprint density at radius 1 is 0.221 bits per heavy atom. The molecule has 0 aliphatic heterocycles. The molecule has 2 spiro atoms. The number of rotatable bonds is 3. The van der Waals surface area contributed by atoms with E-state index in [4.69, 9.17) is 15.0 Å². The maximum absolute atomic E-state index is 5.04. The molecule has 33 rings (SSSR count). The van der Waals surface area contributed by atoms with E-state index < -0.39 is 0 Å². The van der Waals surface area contributed by atoms with Crippen LogP contribution in [0.15, 0.2) is 437 Å². The summed E-state index contributed by atoms with van der Waals surface area (Å²) in [7, 11) is 0. The molecule has 0 radical (unpaired) electrons. The van der Waals surface area contributed by atoms with Crippen molar-refractivity contribution >= 4 is 216 Å². The topological polar surface area (TPSA) is 53.5 Å². The van der Waals surface area contributed by atoms with Crippen molar-refractivity contribution in [3.8, 4) is 61.6 Å². The second kappa shape index (κ2) is 28.1. The first-order chi connectivity index (χ1) is 67.6. The van der Waals surface area contributed by atoms with Crippen LogP contribution < -0.4 is 0 Å². The quantitative estimate of drug-likeness (QED) is 0.131. The summed E-state index contributed by atoms with van der Waals surface area (Å²) < 4.78 is 15.5. The van der Waals surface area contributed by atoms with Gasteiger partial charge in [-0.25, -0.2) is 0 Å². The Kier molecular flexibility index (Phi) is 15.5. The SMILES string of the molecule is c1ccc2c(c1)-c1ccccc1C21c2ccccc2-c2cc(-n3c4ccccc4c4c5cccnc5c5sc6ccccc6c5c43)ccc21.c1ccc2c(c1)-c1ccccc1C21c2ccccc2-c2ccc(-n3c4ccccc4c4c5cccnc5c5[se]c6ccccc6c5c43)cc21.c1ccc2c(c1)ccc1c(-n3c4ccccc4c4c5cccnc5c5sc6ccccc6c5c43)cccc12. The van der Waals surface area contributed by atoms with Crippen molar-refractivity contribution in [3.05, 3.63) is 482 Å². The Bertz CT molecular complexity index is 10300. The number of aromatic nitrogens is 6. The summed E-state index contributed by atoms with van der Waals surface area (Å²) >= 11 is 3.88. The van der Waals surface area contributed by atoms with E-state index in [0.717, 1.165) is 16.6 Å². The van der Waals surface area contributed by atoms with E-state index in [2.05, 4.69) is 432 Å². The number of pyridine rings is 3. The van der Waals surface area contributed by atoms with E-state index in [1.165, 1.54) is 269 Å². The van der Waals surface area contributed by atoms with Crippen LogP contribution in [-0.2, 0) is 10.8 Å². The maximum atomic E-state index is 5.04. The Morgan fingerprint density at radius 3 is 1.12 bits per heavy atom. The third-order valence-corrected chi connectivity index (χ3v) is 35.3. The van der Waals surface area contributed by atoms with Gasteiger partial charge < -0.3 is 9.13 Å². The Balaban J connectivity index is 0.0000000959. The van der Waals surface area contributed by atoms with Crippen LogP contribution in [-0.4, -0.2) is 43.2 Å². The van der Waals surface area contributed by atoms with Crippen LogP contribution in [0.3, 0.4) is 0 Å². The van der Waals surface area contributed by atoms with E-state index in [9.17, 15) is 0 Å². The molecule has 4 aliphatic rings. The van der Waals surface area contributed by atoms with Crippen LogP contribution in [0.5, 0.6) is 0 Å². The maximum Gasteiger partial charge on any atom is 0.0888 e. The van der Waals surface area contributed by atoms with Gasteiger partial charge in [0.2, 0.25) is 0 Å². The number of hydrogen-bond donors (Lipinski definition) is 0. The van der Waals surface area contributed by atoms with Gasteiger partial charge in [-0.3, -0.25) is 9.97 Å². The fourth-order valence-corrected chi connectivity index (χ4v) is 30.4. The normalized spacial score (nSPS) is 13.4. The van der Waals surface area contributed by atoms with E-state index in [0.29, 0.717) is 0 Å². The average Bonchev–Trinajstić information content (AvgIpc) is 1.50. The summed E-state index contributed by atoms with van der Waals surface area (Å²) in [6.07, 6.45) is 5.82. The van der Waals surface area contributed by atoms with Gasteiger partial charge in [-0.1, -0.05) is 212 Å².